The van der Waals surface area contributed by atoms with Gasteiger partial charge in [-0.3, -0.25) is 0 Å². The number of nitrogens with one attached hydrogen (secondary N) is 2. The Morgan fingerprint density at radius 2 is 1.91 bits per heavy atom. The van der Waals surface area contributed by atoms with Gasteiger partial charge < -0.3 is 24.5 Å². The number of amides is 2. The number of benzene rings is 1. The molecule has 0 unspecified atom stereocenters. The Morgan fingerprint density at radius 1 is 1.13 bits per heavy atom. The summed E-state index contributed by atoms with van der Waals surface area (Å²) in [4.78, 5) is 23.4. The molecule has 7 nitrogen and oxygen atoms in total. The van der Waals surface area contributed by atoms with E-state index in [0.29, 0.717) is 23.6 Å². The topological polar surface area (TPSA) is 89.8 Å². The van der Waals surface area contributed by atoms with E-state index < -0.39 is 5.97 Å². The Bertz CT molecular complexity index is 667. The lowest BCUT2D eigenvalue weighted by atomic mass is 10.1. The third-order valence-electron chi connectivity index (χ3n) is 3.13. The maximum Gasteiger partial charge on any atom is 0.341 e. The van der Waals surface area contributed by atoms with Gasteiger partial charge in [-0.25, -0.2) is 9.59 Å². The van der Waals surface area contributed by atoms with Crippen molar-refractivity contribution in [2.45, 2.75) is 13.1 Å². The minimum absolute atomic E-state index is 0.262. The second-order valence-electron chi connectivity index (χ2n) is 4.64. The molecule has 23 heavy (non-hydrogen) atoms. The van der Waals surface area contributed by atoms with E-state index in [0.717, 1.165) is 5.56 Å². The molecule has 0 saturated carbocycles. The van der Waals surface area contributed by atoms with E-state index in [2.05, 4.69) is 10.6 Å². The molecule has 122 valence electrons. The molecule has 2 rings (SSSR count). The average Bonchev–Trinajstić information content (AvgIpc) is 3.10. The van der Waals surface area contributed by atoms with E-state index in [1.54, 1.807) is 36.6 Å². The van der Waals surface area contributed by atoms with Crippen LogP contribution >= 0.6 is 0 Å². The summed E-state index contributed by atoms with van der Waals surface area (Å²) in [6.07, 6.45) is 1.54. The highest BCUT2D eigenvalue weighted by atomic mass is 16.5. The van der Waals surface area contributed by atoms with Crippen LogP contribution in [0, 0.1) is 0 Å². The number of rotatable bonds is 6. The number of carbonyl (C=O) groups is 2. The Hall–Kier alpha value is -2.96. The second-order valence-corrected chi connectivity index (χ2v) is 4.64. The Labute approximate surface area is 133 Å². The van der Waals surface area contributed by atoms with Crippen LogP contribution < -0.4 is 15.4 Å². The zero-order valence-electron chi connectivity index (χ0n) is 12.9. The van der Waals surface area contributed by atoms with Crippen molar-refractivity contribution in [2.24, 2.45) is 0 Å². The van der Waals surface area contributed by atoms with Crippen molar-refractivity contribution in [2.75, 3.05) is 14.2 Å². The summed E-state index contributed by atoms with van der Waals surface area (Å²) in [5.74, 6) is 0.589. The van der Waals surface area contributed by atoms with Crippen molar-refractivity contribution in [1.82, 2.24) is 10.6 Å². The molecule has 1 aromatic heterocycles. The molecule has 0 fully saturated rings. The highest BCUT2D eigenvalue weighted by Crippen LogP contribution is 2.20. The molecule has 0 saturated heterocycles. The fraction of sp³-hybridized carbons (Fsp3) is 0.250. The van der Waals surface area contributed by atoms with Crippen LogP contribution in [0.3, 0.4) is 0 Å². The molecular weight excluding hydrogens is 300 g/mol. The first-order chi connectivity index (χ1) is 11.1. The van der Waals surface area contributed by atoms with Crippen LogP contribution in [-0.4, -0.2) is 26.2 Å². The summed E-state index contributed by atoms with van der Waals surface area (Å²) < 4.78 is 14.9. The van der Waals surface area contributed by atoms with Gasteiger partial charge in [-0.2, -0.15) is 0 Å². The van der Waals surface area contributed by atoms with Gasteiger partial charge in [-0.1, -0.05) is 6.07 Å². The van der Waals surface area contributed by atoms with Crippen LogP contribution in [0.2, 0.25) is 0 Å². The standard InChI is InChI=1S/C16H18N2O5/c1-21-14-6-5-11(8-13(14)15(19)22-2)9-17-16(20)18-10-12-4-3-7-23-12/h3-8H,9-10H2,1-2H3,(H2,17,18,20). The van der Waals surface area contributed by atoms with E-state index in [1.807, 2.05) is 0 Å². The van der Waals surface area contributed by atoms with Gasteiger partial charge in [0.25, 0.3) is 0 Å². The number of methoxy groups -OCH3 is 2. The monoisotopic (exact) mass is 318 g/mol. The summed E-state index contributed by atoms with van der Waals surface area (Å²) in [7, 11) is 2.77. The average molecular weight is 318 g/mol. The molecule has 1 heterocycles. The summed E-state index contributed by atoms with van der Waals surface area (Å²) in [5.41, 5.74) is 1.06. The lowest BCUT2D eigenvalue weighted by molar-refractivity contribution is 0.0597. The zero-order chi connectivity index (χ0) is 16.7. The summed E-state index contributed by atoms with van der Waals surface area (Å²) in [6.45, 7) is 0.562. The van der Waals surface area contributed by atoms with Gasteiger partial charge in [0.05, 0.1) is 27.0 Å². The maximum absolute atomic E-state index is 11.7. The number of furan rings is 1. The van der Waals surface area contributed by atoms with Gasteiger partial charge in [0, 0.05) is 6.54 Å². The first-order valence-electron chi connectivity index (χ1n) is 6.93. The van der Waals surface area contributed by atoms with Crippen molar-refractivity contribution < 1.29 is 23.5 Å². The Kier molecular flexibility index (Phi) is 5.62. The van der Waals surface area contributed by atoms with Crippen LogP contribution in [-0.2, 0) is 17.8 Å². The van der Waals surface area contributed by atoms with Crippen molar-refractivity contribution in [1.29, 1.82) is 0 Å². The van der Waals surface area contributed by atoms with Gasteiger partial charge in [0.2, 0.25) is 0 Å². The van der Waals surface area contributed by atoms with E-state index in [9.17, 15) is 9.59 Å². The number of hydrogen-bond donors (Lipinski definition) is 2. The van der Waals surface area contributed by atoms with Crippen LogP contribution in [0.15, 0.2) is 41.0 Å². The van der Waals surface area contributed by atoms with Crippen LogP contribution in [0.4, 0.5) is 4.79 Å². The first-order valence-corrected chi connectivity index (χ1v) is 6.93. The highest BCUT2D eigenvalue weighted by molar-refractivity contribution is 5.92. The molecule has 2 aromatic rings. The SMILES string of the molecule is COC(=O)c1cc(CNC(=O)NCc2ccco2)ccc1OC. The van der Waals surface area contributed by atoms with Crippen molar-refractivity contribution in [3.63, 3.8) is 0 Å². The molecule has 0 aliphatic rings. The molecular formula is C16H18N2O5. The molecule has 0 aliphatic heterocycles. The van der Waals surface area contributed by atoms with E-state index in [4.69, 9.17) is 13.9 Å². The lowest BCUT2D eigenvalue weighted by Gasteiger charge is -2.10. The quantitative estimate of drug-likeness (QED) is 0.796. The van der Waals surface area contributed by atoms with Gasteiger partial charge in [-0.05, 0) is 29.8 Å². The highest BCUT2D eigenvalue weighted by Gasteiger charge is 2.13. The first kappa shape index (κ1) is 16.4. The minimum atomic E-state index is -0.494. The molecule has 1 aromatic carbocycles. The van der Waals surface area contributed by atoms with Gasteiger partial charge in [0.15, 0.2) is 0 Å². The number of carbonyl (C=O) groups excluding carboxylic acids is 2. The van der Waals surface area contributed by atoms with Crippen LogP contribution in [0.5, 0.6) is 5.75 Å². The number of esters is 1. The third kappa shape index (κ3) is 4.50. The molecule has 0 aliphatic carbocycles. The summed E-state index contributed by atoms with van der Waals surface area (Å²) >= 11 is 0. The zero-order valence-corrected chi connectivity index (χ0v) is 12.9. The van der Waals surface area contributed by atoms with E-state index in [1.165, 1.54) is 14.2 Å². The molecule has 2 amide bonds. The van der Waals surface area contributed by atoms with Crippen molar-refractivity contribution >= 4 is 12.0 Å². The number of urea groups is 1. The van der Waals surface area contributed by atoms with Gasteiger partial charge in [-0.15, -0.1) is 0 Å². The normalized spacial score (nSPS) is 10.0. The molecule has 2 N–H and O–H groups in total. The fourth-order valence-electron chi connectivity index (χ4n) is 1.96. The number of ether oxygens (including phenoxy) is 2. The fourth-order valence-corrected chi connectivity index (χ4v) is 1.96. The van der Waals surface area contributed by atoms with Crippen molar-refractivity contribution in [3.05, 3.63) is 53.5 Å². The third-order valence-corrected chi connectivity index (χ3v) is 3.13. The van der Waals surface area contributed by atoms with Crippen molar-refractivity contribution in [3.8, 4) is 5.75 Å². The molecule has 0 spiro atoms. The van der Waals surface area contributed by atoms with Crippen LogP contribution in [0.25, 0.3) is 0 Å². The Morgan fingerprint density at radius 3 is 2.57 bits per heavy atom. The lowest BCUT2D eigenvalue weighted by Crippen LogP contribution is -2.34. The predicted molar refractivity (Wildman–Crippen MR) is 82.1 cm³/mol. The second kappa shape index (κ2) is 7.88. The van der Waals surface area contributed by atoms with Gasteiger partial charge >= 0.3 is 12.0 Å². The number of hydrogen-bond acceptors (Lipinski definition) is 5. The summed E-state index contributed by atoms with van der Waals surface area (Å²) in [5, 5.41) is 5.36. The van der Waals surface area contributed by atoms with E-state index in [-0.39, 0.29) is 12.6 Å². The Balaban J connectivity index is 1.92. The smallest absolute Gasteiger partial charge is 0.341 e. The van der Waals surface area contributed by atoms with E-state index >= 15 is 0 Å². The molecule has 0 radical (unpaired) electrons. The largest absolute Gasteiger partial charge is 0.496 e. The molecule has 0 atom stereocenters. The predicted octanol–water partition coefficient (Wildman–Crippen LogP) is 2.07. The van der Waals surface area contributed by atoms with Crippen LogP contribution in [0.1, 0.15) is 21.7 Å². The molecule has 0 bridgehead atoms. The minimum Gasteiger partial charge on any atom is -0.496 e. The summed E-state index contributed by atoms with van der Waals surface area (Å²) in [6, 6.07) is 8.23. The maximum atomic E-state index is 11.7. The molecule has 7 heteroatoms. The van der Waals surface area contributed by atoms with Gasteiger partial charge in [0.1, 0.15) is 17.1 Å².